The molecule has 1 heterocycles. The first-order chi connectivity index (χ1) is 37.6. The minimum Gasteiger partial charge on any atom is -0.479 e. The van der Waals surface area contributed by atoms with E-state index in [2.05, 4.69) is 167 Å². The summed E-state index contributed by atoms with van der Waals surface area (Å²) in [6.07, 6.45) is 61.1. The van der Waals surface area contributed by atoms with Crippen LogP contribution in [-0.2, 0) is 42.9 Å². The second-order valence-electron chi connectivity index (χ2n) is 18.8. The second kappa shape index (κ2) is 51.4. The number of aliphatic carboxylic acids is 1. The van der Waals surface area contributed by atoms with Gasteiger partial charge in [-0.25, -0.2) is 4.79 Å². The number of aliphatic hydroxyl groups is 2. The van der Waals surface area contributed by atoms with Gasteiger partial charge >= 0.3 is 23.9 Å². The largest absolute Gasteiger partial charge is 0.479 e. The number of ether oxygens (including phenoxy) is 5. The molecule has 1 aliphatic heterocycles. The fourth-order valence-electron chi connectivity index (χ4n) is 7.57. The first kappa shape index (κ1) is 69.6. The third-order valence-electron chi connectivity index (χ3n) is 11.9. The van der Waals surface area contributed by atoms with E-state index < -0.39 is 67.3 Å². The van der Waals surface area contributed by atoms with Crippen LogP contribution in [0.1, 0.15) is 188 Å². The molecule has 0 amide bonds. The number of hydrogen-bond donors (Lipinski definition) is 3. The van der Waals surface area contributed by atoms with Crippen LogP contribution in [0.3, 0.4) is 0 Å². The van der Waals surface area contributed by atoms with Crippen LogP contribution in [0, 0.1) is 0 Å². The van der Waals surface area contributed by atoms with E-state index in [1.807, 2.05) is 0 Å². The molecule has 12 nitrogen and oxygen atoms in total. The van der Waals surface area contributed by atoms with Crippen LogP contribution in [0.25, 0.3) is 0 Å². The van der Waals surface area contributed by atoms with Crippen molar-refractivity contribution in [3.8, 4) is 0 Å². The highest BCUT2D eigenvalue weighted by Crippen LogP contribution is 2.26. The number of rotatable bonds is 46. The average molecular weight is 1070 g/mol. The number of hydrogen-bond acceptors (Lipinski definition) is 11. The summed E-state index contributed by atoms with van der Waals surface area (Å²) in [4.78, 5) is 51.1. The first-order valence-electron chi connectivity index (χ1n) is 28.8. The molecule has 0 spiro atoms. The lowest BCUT2D eigenvalue weighted by Gasteiger charge is -2.40. The molecule has 0 aromatic heterocycles. The number of allylic oxidation sites excluding steroid dienone is 24. The summed E-state index contributed by atoms with van der Waals surface area (Å²) in [5.41, 5.74) is 0. The normalized spacial score (nSPS) is 19.1. The van der Waals surface area contributed by atoms with E-state index in [0.29, 0.717) is 25.7 Å². The van der Waals surface area contributed by atoms with Crippen molar-refractivity contribution in [1.29, 1.82) is 0 Å². The van der Waals surface area contributed by atoms with Gasteiger partial charge in [0.15, 0.2) is 24.6 Å². The van der Waals surface area contributed by atoms with Gasteiger partial charge in [0.2, 0.25) is 0 Å². The fourth-order valence-corrected chi connectivity index (χ4v) is 7.57. The van der Waals surface area contributed by atoms with Gasteiger partial charge < -0.3 is 39.0 Å². The summed E-state index contributed by atoms with van der Waals surface area (Å²) in [5.74, 6) is -3.29. The van der Waals surface area contributed by atoms with E-state index in [1.54, 1.807) is 0 Å². The molecule has 1 aliphatic rings. The van der Waals surface area contributed by atoms with Crippen molar-refractivity contribution >= 4 is 23.9 Å². The van der Waals surface area contributed by atoms with Crippen LogP contribution in [0.15, 0.2) is 146 Å². The second-order valence-corrected chi connectivity index (χ2v) is 18.8. The number of unbranched alkanes of at least 4 members (excludes halogenated alkanes) is 8. The summed E-state index contributed by atoms with van der Waals surface area (Å²) in [6, 6.07) is 0. The van der Waals surface area contributed by atoms with Gasteiger partial charge in [0.1, 0.15) is 18.8 Å². The van der Waals surface area contributed by atoms with Crippen LogP contribution < -0.4 is 0 Å². The van der Waals surface area contributed by atoms with Crippen LogP contribution in [0.4, 0.5) is 0 Å². The summed E-state index contributed by atoms with van der Waals surface area (Å²) < 4.78 is 28.3. The van der Waals surface area contributed by atoms with Crippen molar-refractivity contribution in [2.24, 2.45) is 0 Å². The molecule has 430 valence electrons. The smallest absolute Gasteiger partial charge is 0.335 e. The maximum Gasteiger partial charge on any atom is 0.335 e. The van der Waals surface area contributed by atoms with E-state index in [9.17, 15) is 34.5 Å². The maximum atomic E-state index is 13.1. The molecule has 1 fully saturated rings. The average Bonchev–Trinajstić information content (AvgIpc) is 3.42. The molecule has 6 atom stereocenters. The van der Waals surface area contributed by atoms with Gasteiger partial charge in [-0.2, -0.15) is 0 Å². The zero-order valence-corrected chi connectivity index (χ0v) is 47.1. The van der Waals surface area contributed by atoms with Crippen molar-refractivity contribution in [2.75, 3.05) is 13.2 Å². The quantitative estimate of drug-likeness (QED) is 0.0228. The van der Waals surface area contributed by atoms with Crippen molar-refractivity contribution in [2.45, 2.75) is 225 Å². The Hall–Kier alpha value is -5.40. The summed E-state index contributed by atoms with van der Waals surface area (Å²) in [6.45, 7) is 5.55. The highest BCUT2D eigenvalue weighted by molar-refractivity contribution is 5.74. The summed E-state index contributed by atoms with van der Waals surface area (Å²) in [5, 5.41) is 31.5. The lowest BCUT2D eigenvalue weighted by atomic mass is 9.98. The van der Waals surface area contributed by atoms with E-state index >= 15 is 0 Å². The highest BCUT2D eigenvalue weighted by atomic mass is 16.7. The zero-order chi connectivity index (χ0) is 56.1. The Bertz CT molecular complexity index is 1890. The van der Waals surface area contributed by atoms with E-state index in [4.69, 9.17) is 23.7 Å². The molecule has 0 radical (unpaired) electrons. The zero-order valence-electron chi connectivity index (χ0n) is 47.1. The fraction of sp³-hybridized carbons (Fsp3) is 0.569. The summed E-state index contributed by atoms with van der Waals surface area (Å²) >= 11 is 0. The lowest BCUT2D eigenvalue weighted by Crippen LogP contribution is -2.61. The van der Waals surface area contributed by atoms with Gasteiger partial charge in [0, 0.05) is 19.3 Å². The number of esters is 3. The monoisotopic (exact) mass is 1070 g/mol. The molecule has 12 heteroatoms. The Balaban J connectivity index is 2.78. The molecule has 1 rings (SSSR count). The molecule has 3 N–H and O–H groups in total. The first-order valence-corrected chi connectivity index (χ1v) is 28.8. The number of carbonyl (C=O) groups excluding carboxylic acids is 3. The highest BCUT2D eigenvalue weighted by Gasteiger charge is 2.50. The van der Waals surface area contributed by atoms with Crippen LogP contribution >= 0.6 is 0 Å². The third-order valence-corrected chi connectivity index (χ3v) is 11.9. The molecule has 1 saturated heterocycles. The van der Waals surface area contributed by atoms with Crippen molar-refractivity contribution in [3.05, 3.63) is 146 Å². The number of carboxylic acids is 1. The van der Waals surface area contributed by atoms with Crippen LogP contribution in [-0.4, -0.2) is 89.2 Å². The molecule has 0 bridgehead atoms. The summed E-state index contributed by atoms with van der Waals surface area (Å²) in [7, 11) is 0. The Morgan fingerprint density at radius 3 is 1.19 bits per heavy atom. The van der Waals surface area contributed by atoms with Gasteiger partial charge in [-0.05, 0) is 135 Å². The third kappa shape index (κ3) is 41.4. The SMILES string of the molecule is CC/C=C\C/C=C\C/C=C\C/C=C\CCCCCCC(=O)OCC(COC1OC(C(=O)O)C(O)C(O)C1OC(=O)CCCC/C=C\C/C=C\C/C=C\C/C=C\CC)OC(=O)CCCC/C=C\C/C=C\C/C=C\C/C=C\CC. The van der Waals surface area contributed by atoms with Gasteiger partial charge in [-0.3, -0.25) is 14.4 Å². The number of aliphatic hydroxyl groups excluding tert-OH is 2. The van der Waals surface area contributed by atoms with Crippen molar-refractivity contribution in [3.63, 3.8) is 0 Å². The van der Waals surface area contributed by atoms with E-state index in [1.165, 1.54) is 0 Å². The van der Waals surface area contributed by atoms with Gasteiger partial charge in [0.25, 0.3) is 0 Å². The Morgan fingerprint density at radius 2 is 0.779 bits per heavy atom. The standard InChI is InChI=1S/C65H98O12/c1-4-7-10-13-16-19-22-25-28-29-32-33-36-39-42-45-48-51-57(66)73-54-56(75-58(67)52-49-46-43-40-37-34-30-26-23-20-17-14-11-8-5-2)55-74-65-63(61(70)60(69)62(77-65)64(71)72)76-59(68)53-50-47-44-41-38-35-31-27-24-21-18-15-12-9-6-3/h7-12,16-21,25-28,30-33,37-38,40-41,56,60-63,65,69-70H,4-6,13-15,22-24,29,34-36,39,42-55H2,1-3H3,(H,71,72)/b10-7-,11-8-,12-9-,19-16-,20-17-,21-18-,28-25-,30-26-,31-27-,33-32-,40-37-,41-38-. The van der Waals surface area contributed by atoms with Crippen LogP contribution in [0.5, 0.6) is 0 Å². The molecule has 77 heavy (non-hydrogen) atoms. The van der Waals surface area contributed by atoms with E-state index in [-0.39, 0.29) is 25.9 Å². The Morgan fingerprint density at radius 1 is 0.429 bits per heavy atom. The van der Waals surface area contributed by atoms with Gasteiger partial charge in [-0.15, -0.1) is 0 Å². The predicted octanol–water partition coefficient (Wildman–Crippen LogP) is 14.8. The predicted molar refractivity (Wildman–Crippen MR) is 312 cm³/mol. The van der Waals surface area contributed by atoms with Gasteiger partial charge in [-0.1, -0.05) is 179 Å². The molecule has 0 aromatic rings. The van der Waals surface area contributed by atoms with Crippen molar-refractivity contribution < 1.29 is 58.2 Å². The number of carboxylic acid groups (broad SMARTS) is 1. The molecular weight excluding hydrogens is 973 g/mol. The molecule has 6 unspecified atom stereocenters. The van der Waals surface area contributed by atoms with Crippen molar-refractivity contribution in [1.82, 2.24) is 0 Å². The number of carbonyl (C=O) groups is 4. The van der Waals surface area contributed by atoms with E-state index in [0.717, 1.165) is 122 Å². The lowest BCUT2D eigenvalue weighted by molar-refractivity contribution is -0.301. The topological polar surface area (TPSA) is 175 Å². The molecule has 0 aromatic carbocycles. The van der Waals surface area contributed by atoms with Crippen LogP contribution in [0.2, 0.25) is 0 Å². The minimum atomic E-state index is -1.94. The Kier molecular flexibility index (Phi) is 46.4. The minimum absolute atomic E-state index is 0.00826. The molecule has 0 saturated carbocycles. The maximum absolute atomic E-state index is 13.1. The molecule has 0 aliphatic carbocycles. The molecular formula is C65H98O12. The van der Waals surface area contributed by atoms with Gasteiger partial charge in [0.05, 0.1) is 6.61 Å². The Labute approximate surface area is 463 Å².